The van der Waals surface area contributed by atoms with Gasteiger partial charge in [0, 0.05) is 0 Å². The van der Waals surface area contributed by atoms with Crippen LogP contribution in [0, 0.1) is 16.7 Å². The van der Waals surface area contributed by atoms with Crippen molar-refractivity contribution >= 4 is 17.3 Å². The highest BCUT2D eigenvalue weighted by atomic mass is 32.1. The minimum Gasteiger partial charge on any atom is -0.456 e. The molecule has 0 radical (unpaired) electrons. The monoisotopic (exact) mass is 276 g/mol. The van der Waals surface area contributed by atoms with Crippen LogP contribution in [-0.2, 0) is 16.1 Å². The van der Waals surface area contributed by atoms with Gasteiger partial charge in [-0.1, -0.05) is 6.07 Å². The summed E-state index contributed by atoms with van der Waals surface area (Å²) in [5.41, 5.74) is -1.16. The Balaban J connectivity index is 1.99. The van der Waals surface area contributed by atoms with Gasteiger partial charge < -0.3 is 9.15 Å². The third kappa shape index (κ3) is 3.01. The Kier molecular flexibility index (Phi) is 3.67. The van der Waals surface area contributed by atoms with Crippen LogP contribution in [0.25, 0.3) is 10.8 Å². The molecule has 0 unspecified atom stereocenters. The Morgan fingerprint density at radius 2 is 2.42 bits per heavy atom. The van der Waals surface area contributed by atoms with E-state index in [2.05, 4.69) is 4.98 Å². The average Bonchev–Trinajstić information content (AvgIpc) is 3.06. The quantitative estimate of drug-likeness (QED) is 0.802. The van der Waals surface area contributed by atoms with Crippen LogP contribution in [0.5, 0.6) is 0 Å². The molecule has 0 saturated heterocycles. The number of carbonyl (C=O) groups excluding carboxylic acids is 1. The first-order valence-corrected chi connectivity index (χ1v) is 6.48. The summed E-state index contributed by atoms with van der Waals surface area (Å²) in [6, 6.07) is 5.68. The second-order valence-corrected chi connectivity index (χ2v) is 5.37. The summed E-state index contributed by atoms with van der Waals surface area (Å²) in [5.74, 6) is 0.371. The first-order valence-electron chi connectivity index (χ1n) is 5.60. The molecule has 0 spiro atoms. The Hall–Kier alpha value is -2.13. The highest BCUT2D eigenvalue weighted by Crippen LogP contribution is 2.24. The molecule has 0 amide bonds. The zero-order chi connectivity index (χ0) is 13.9. The fourth-order valence-electron chi connectivity index (χ4n) is 1.25. The molecule has 0 aromatic carbocycles. The third-order valence-corrected chi connectivity index (χ3v) is 3.28. The van der Waals surface area contributed by atoms with Crippen molar-refractivity contribution in [2.45, 2.75) is 20.5 Å². The molecule has 6 heteroatoms. The molecule has 0 fully saturated rings. The molecule has 0 aliphatic heterocycles. The van der Waals surface area contributed by atoms with Crippen LogP contribution < -0.4 is 0 Å². The first kappa shape index (κ1) is 13.3. The van der Waals surface area contributed by atoms with Gasteiger partial charge in [0.05, 0.1) is 17.1 Å². The van der Waals surface area contributed by atoms with Crippen molar-refractivity contribution in [2.75, 3.05) is 0 Å². The summed E-state index contributed by atoms with van der Waals surface area (Å²) in [5, 5.41) is 10.7. The molecule has 98 valence electrons. The number of esters is 1. The van der Waals surface area contributed by atoms with E-state index in [1.807, 2.05) is 23.6 Å². The molecule has 19 heavy (non-hydrogen) atoms. The lowest BCUT2D eigenvalue weighted by Gasteiger charge is -2.12. The predicted molar refractivity (Wildman–Crippen MR) is 69.0 cm³/mol. The van der Waals surface area contributed by atoms with E-state index in [1.54, 1.807) is 0 Å². The van der Waals surface area contributed by atoms with Gasteiger partial charge in [-0.2, -0.15) is 5.26 Å². The number of nitriles is 1. The molecule has 5 nitrogen and oxygen atoms in total. The van der Waals surface area contributed by atoms with Crippen molar-refractivity contribution in [1.29, 1.82) is 5.26 Å². The lowest BCUT2D eigenvalue weighted by atomic mass is 9.96. The molecular weight excluding hydrogens is 264 g/mol. The molecule has 0 aliphatic carbocycles. The highest BCUT2D eigenvalue weighted by molar-refractivity contribution is 7.13. The maximum Gasteiger partial charge on any atom is 0.326 e. The van der Waals surface area contributed by atoms with Crippen LogP contribution in [0.3, 0.4) is 0 Å². The largest absolute Gasteiger partial charge is 0.456 e. The summed E-state index contributed by atoms with van der Waals surface area (Å²) in [6.45, 7) is 2.99. The minimum absolute atomic E-state index is 0.0255. The van der Waals surface area contributed by atoms with Gasteiger partial charge in [0.25, 0.3) is 0 Å². The van der Waals surface area contributed by atoms with Crippen molar-refractivity contribution in [3.8, 4) is 16.8 Å². The Bertz CT molecular complexity index is 608. The highest BCUT2D eigenvalue weighted by Gasteiger charge is 2.29. The molecule has 0 saturated carbocycles. The molecule has 0 N–H and O–H groups in total. The van der Waals surface area contributed by atoms with Gasteiger partial charge in [-0.15, -0.1) is 11.3 Å². The smallest absolute Gasteiger partial charge is 0.326 e. The van der Waals surface area contributed by atoms with Gasteiger partial charge in [-0.05, 0) is 25.3 Å². The van der Waals surface area contributed by atoms with E-state index in [1.165, 1.54) is 31.4 Å². The molecular formula is C13H12N2O3S. The zero-order valence-corrected chi connectivity index (χ0v) is 11.4. The van der Waals surface area contributed by atoms with Gasteiger partial charge in [0.2, 0.25) is 5.89 Å². The molecule has 2 heterocycles. The number of ether oxygens (including phenoxy) is 1. The van der Waals surface area contributed by atoms with E-state index in [9.17, 15) is 4.79 Å². The summed E-state index contributed by atoms with van der Waals surface area (Å²) < 4.78 is 10.5. The van der Waals surface area contributed by atoms with Gasteiger partial charge >= 0.3 is 5.97 Å². The Morgan fingerprint density at radius 3 is 3.05 bits per heavy atom. The van der Waals surface area contributed by atoms with Crippen molar-refractivity contribution in [2.24, 2.45) is 5.41 Å². The zero-order valence-electron chi connectivity index (χ0n) is 10.5. The number of nitrogens with zero attached hydrogens (tertiary/aromatic N) is 2. The topological polar surface area (TPSA) is 76.1 Å². The first-order chi connectivity index (χ1) is 9.03. The van der Waals surface area contributed by atoms with Crippen molar-refractivity contribution in [1.82, 2.24) is 4.98 Å². The van der Waals surface area contributed by atoms with Crippen LogP contribution in [-0.4, -0.2) is 11.0 Å². The maximum atomic E-state index is 11.6. The molecule has 0 aliphatic rings. The number of hydrogen-bond donors (Lipinski definition) is 0. The molecule has 2 aromatic heterocycles. The summed E-state index contributed by atoms with van der Waals surface area (Å²) in [7, 11) is 0. The van der Waals surface area contributed by atoms with E-state index < -0.39 is 11.4 Å². The summed E-state index contributed by atoms with van der Waals surface area (Å²) in [6.07, 6.45) is 1.52. The normalized spacial score (nSPS) is 11.0. The maximum absolute atomic E-state index is 11.6. The van der Waals surface area contributed by atoms with Crippen LogP contribution >= 0.6 is 11.3 Å². The van der Waals surface area contributed by atoms with Crippen molar-refractivity contribution in [3.63, 3.8) is 0 Å². The fraction of sp³-hybridized carbons (Fsp3) is 0.308. The molecule has 2 rings (SSSR count). The molecule has 0 bridgehead atoms. The van der Waals surface area contributed by atoms with Crippen LogP contribution in [0.1, 0.15) is 19.6 Å². The number of rotatable bonds is 4. The van der Waals surface area contributed by atoms with Gasteiger partial charge in [0.15, 0.2) is 12.4 Å². The van der Waals surface area contributed by atoms with E-state index in [-0.39, 0.29) is 6.61 Å². The van der Waals surface area contributed by atoms with E-state index in [0.29, 0.717) is 11.7 Å². The SMILES string of the molecule is CC(C)(C#N)C(=O)OCc1cnc(-c2cccs2)o1. The lowest BCUT2D eigenvalue weighted by Crippen LogP contribution is -2.24. The number of hydrogen-bond acceptors (Lipinski definition) is 6. The number of oxazole rings is 1. The van der Waals surface area contributed by atoms with Crippen LogP contribution in [0.4, 0.5) is 0 Å². The van der Waals surface area contributed by atoms with E-state index in [0.717, 1.165) is 4.88 Å². The van der Waals surface area contributed by atoms with Crippen molar-refractivity contribution < 1.29 is 13.9 Å². The number of thiophene rings is 1. The fourth-order valence-corrected chi connectivity index (χ4v) is 1.91. The molecule has 2 aromatic rings. The number of carbonyl (C=O) groups is 1. The van der Waals surface area contributed by atoms with Crippen LogP contribution in [0.15, 0.2) is 28.1 Å². The minimum atomic E-state index is -1.16. The van der Waals surface area contributed by atoms with Crippen LogP contribution in [0.2, 0.25) is 0 Å². The van der Waals surface area contributed by atoms with Crippen molar-refractivity contribution in [3.05, 3.63) is 29.5 Å². The van der Waals surface area contributed by atoms with Gasteiger partial charge in [-0.3, -0.25) is 4.79 Å². The van der Waals surface area contributed by atoms with Gasteiger partial charge in [-0.25, -0.2) is 4.98 Å². The summed E-state index contributed by atoms with van der Waals surface area (Å²) in [4.78, 5) is 16.6. The number of aromatic nitrogens is 1. The second kappa shape index (κ2) is 5.24. The van der Waals surface area contributed by atoms with E-state index >= 15 is 0 Å². The second-order valence-electron chi connectivity index (χ2n) is 4.42. The Morgan fingerprint density at radius 1 is 1.63 bits per heavy atom. The Labute approximate surface area is 114 Å². The van der Waals surface area contributed by atoms with E-state index in [4.69, 9.17) is 14.4 Å². The lowest BCUT2D eigenvalue weighted by molar-refractivity contribution is -0.152. The average molecular weight is 276 g/mol. The predicted octanol–water partition coefficient (Wildman–Crippen LogP) is 3.00. The molecule has 0 atom stereocenters. The summed E-state index contributed by atoms with van der Waals surface area (Å²) >= 11 is 1.51. The third-order valence-electron chi connectivity index (χ3n) is 2.42. The standard InChI is InChI=1S/C13H12N2O3S/c1-13(2,8-14)12(16)17-7-9-6-15-11(18-9)10-4-3-5-19-10/h3-6H,7H2,1-2H3. The van der Waals surface area contributed by atoms with Gasteiger partial charge in [0.1, 0.15) is 5.41 Å².